The van der Waals surface area contributed by atoms with E-state index in [-0.39, 0.29) is 12.0 Å². The molecule has 1 unspecified atom stereocenters. The molecule has 0 saturated carbocycles. The Labute approximate surface area is 143 Å². The Balaban J connectivity index is 1.73. The van der Waals surface area contributed by atoms with Gasteiger partial charge in [0, 0.05) is 25.6 Å². The molecule has 24 heavy (non-hydrogen) atoms. The number of hydrogen-bond donors (Lipinski definition) is 1. The van der Waals surface area contributed by atoms with E-state index in [0.29, 0.717) is 6.01 Å². The summed E-state index contributed by atoms with van der Waals surface area (Å²) in [5.41, 5.74) is 2.57. The zero-order valence-electron chi connectivity index (χ0n) is 14.7. The van der Waals surface area contributed by atoms with Crippen LogP contribution in [-0.2, 0) is 4.74 Å². The van der Waals surface area contributed by atoms with Gasteiger partial charge in [0.15, 0.2) is 5.82 Å². The van der Waals surface area contributed by atoms with Gasteiger partial charge in [-0.05, 0) is 12.5 Å². The van der Waals surface area contributed by atoms with Crippen molar-refractivity contribution < 1.29 is 9.26 Å². The molecule has 0 radical (unpaired) electrons. The molecule has 1 atom stereocenters. The number of anilines is 1. The Hall–Kier alpha value is -1.92. The number of aromatic nitrogens is 2. The first-order valence-electron chi connectivity index (χ1n) is 8.59. The van der Waals surface area contributed by atoms with E-state index in [1.165, 1.54) is 11.1 Å². The summed E-state index contributed by atoms with van der Waals surface area (Å²) in [5, 5.41) is 7.32. The van der Waals surface area contributed by atoms with Crippen molar-refractivity contribution in [3.05, 3.63) is 41.2 Å². The number of nitrogens with zero attached hydrogens (tertiary/aromatic N) is 3. The second-order valence-corrected chi connectivity index (χ2v) is 6.57. The third-order valence-electron chi connectivity index (χ3n) is 4.32. The molecule has 1 saturated heterocycles. The van der Waals surface area contributed by atoms with Crippen molar-refractivity contribution in [3.63, 3.8) is 0 Å². The summed E-state index contributed by atoms with van der Waals surface area (Å²) in [5.74, 6) is 0.993. The lowest BCUT2D eigenvalue weighted by molar-refractivity contribution is 0.0186. The first kappa shape index (κ1) is 16.9. The topological polar surface area (TPSA) is 63.4 Å². The van der Waals surface area contributed by atoms with Gasteiger partial charge < -0.3 is 14.6 Å². The van der Waals surface area contributed by atoms with E-state index in [9.17, 15) is 0 Å². The maximum atomic E-state index is 5.50. The number of ether oxygens (including phenoxy) is 1. The second-order valence-electron chi connectivity index (χ2n) is 6.57. The van der Waals surface area contributed by atoms with E-state index >= 15 is 0 Å². The minimum Gasteiger partial charge on any atom is -0.379 e. The maximum Gasteiger partial charge on any atom is 0.321 e. The van der Waals surface area contributed by atoms with Crippen molar-refractivity contribution in [2.24, 2.45) is 0 Å². The van der Waals surface area contributed by atoms with Gasteiger partial charge >= 0.3 is 6.01 Å². The number of morpholine rings is 1. The van der Waals surface area contributed by atoms with Crippen LogP contribution in [0.2, 0.25) is 0 Å². The standard InChI is InChI=1S/C18H26N4O2/c1-13(2)17-20-18(24-21-17)19-12-16(22-7-9-23-10-8-22)15-6-4-5-14(3)11-15/h4-6,11,13,16H,7-10,12H2,1-3H3,(H,19,20,21). The largest absolute Gasteiger partial charge is 0.379 e. The van der Waals surface area contributed by atoms with Crippen LogP contribution in [0.3, 0.4) is 0 Å². The van der Waals surface area contributed by atoms with E-state index in [1.807, 2.05) is 0 Å². The van der Waals surface area contributed by atoms with Crippen LogP contribution in [-0.4, -0.2) is 47.9 Å². The molecule has 1 aliphatic rings. The molecule has 130 valence electrons. The molecule has 0 aliphatic carbocycles. The summed E-state index contributed by atoms with van der Waals surface area (Å²) in [6.07, 6.45) is 0. The van der Waals surface area contributed by atoms with Crippen LogP contribution in [0, 0.1) is 6.92 Å². The fraction of sp³-hybridized carbons (Fsp3) is 0.556. The predicted molar refractivity (Wildman–Crippen MR) is 93.2 cm³/mol. The van der Waals surface area contributed by atoms with Gasteiger partial charge in [-0.25, -0.2) is 0 Å². The molecule has 1 N–H and O–H groups in total. The van der Waals surface area contributed by atoms with Gasteiger partial charge in [-0.15, -0.1) is 0 Å². The van der Waals surface area contributed by atoms with Gasteiger partial charge in [0.25, 0.3) is 0 Å². The third-order valence-corrected chi connectivity index (χ3v) is 4.32. The smallest absolute Gasteiger partial charge is 0.321 e. The molecule has 1 aromatic carbocycles. The molecule has 1 aliphatic heterocycles. The van der Waals surface area contributed by atoms with Crippen molar-refractivity contribution >= 4 is 6.01 Å². The summed E-state index contributed by atoms with van der Waals surface area (Å²) < 4.78 is 10.8. The molecule has 2 heterocycles. The summed E-state index contributed by atoms with van der Waals surface area (Å²) in [6.45, 7) is 10.4. The van der Waals surface area contributed by atoms with E-state index < -0.39 is 0 Å². The van der Waals surface area contributed by atoms with Crippen LogP contribution >= 0.6 is 0 Å². The zero-order valence-corrected chi connectivity index (χ0v) is 14.7. The van der Waals surface area contributed by atoms with Crippen LogP contribution in [0.5, 0.6) is 0 Å². The molecular weight excluding hydrogens is 304 g/mol. The van der Waals surface area contributed by atoms with Crippen LogP contribution in [0.4, 0.5) is 6.01 Å². The minimum absolute atomic E-state index is 0.253. The summed E-state index contributed by atoms with van der Waals surface area (Å²) in [6, 6.07) is 9.41. The predicted octanol–water partition coefficient (Wildman–Crippen LogP) is 2.99. The third kappa shape index (κ3) is 4.13. The highest BCUT2D eigenvalue weighted by molar-refractivity contribution is 5.28. The Morgan fingerprint density at radius 3 is 2.71 bits per heavy atom. The molecule has 3 rings (SSSR count). The molecular formula is C18H26N4O2. The van der Waals surface area contributed by atoms with E-state index in [2.05, 4.69) is 65.4 Å². The van der Waals surface area contributed by atoms with Gasteiger partial charge in [0.2, 0.25) is 0 Å². The average molecular weight is 330 g/mol. The summed E-state index contributed by atoms with van der Waals surface area (Å²) in [4.78, 5) is 6.86. The number of hydrogen-bond acceptors (Lipinski definition) is 6. The molecule has 1 aromatic heterocycles. The molecule has 0 spiro atoms. The highest BCUT2D eigenvalue weighted by atomic mass is 16.5. The Bertz CT molecular complexity index is 650. The van der Waals surface area contributed by atoms with Gasteiger partial charge in [-0.2, -0.15) is 4.98 Å². The Morgan fingerprint density at radius 1 is 1.25 bits per heavy atom. The summed E-state index contributed by atoms with van der Waals surface area (Å²) in [7, 11) is 0. The highest BCUT2D eigenvalue weighted by Crippen LogP contribution is 2.23. The number of aryl methyl sites for hydroxylation is 1. The van der Waals surface area contributed by atoms with E-state index in [0.717, 1.165) is 38.7 Å². The van der Waals surface area contributed by atoms with Gasteiger partial charge in [0.05, 0.1) is 19.3 Å². The SMILES string of the molecule is Cc1cccc(C(CNc2nc(C(C)C)no2)N2CCOCC2)c1. The van der Waals surface area contributed by atoms with Crippen LogP contribution in [0.1, 0.15) is 42.8 Å². The number of rotatable bonds is 6. The summed E-state index contributed by atoms with van der Waals surface area (Å²) >= 11 is 0. The van der Waals surface area contributed by atoms with Crippen LogP contribution in [0.25, 0.3) is 0 Å². The molecule has 0 amide bonds. The lowest BCUT2D eigenvalue weighted by Crippen LogP contribution is -2.41. The fourth-order valence-corrected chi connectivity index (χ4v) is 2.95. The van der Waals surface area contributed by atoms with Crippen molar-refractivity contribution in [2.75, 3.05) is 38.2 Å². The van der Waals surface area contributed by atoms with Gasteiger partial charge in [0.1, 0.15) is 0 Å². The molecule has 6 nitrogen and oxygen atoms in total. The van der Waals surface area contributed by atoms with Crippen molar-refractivity contribution in [2.45, 2.75) is 32.7 Å². The van der Waals surface area contributed by atoms with E-state index in [4.69, 9.17) is 9.26 Å². The molecule has 1 fully saturated rings. The first-order chi connectivity index (χ1) is 11.6. The normalized spacial score (nSPS) is 17.2. The monoisotopic (exact) mass is 330 g/mol. The van der Waals surface area contributed by atoms with Crippen molar-refractivity contribution in [3.8, 4) is 0 Å². The van der Waals surface area contributed by atoms with Gasteiger partial charge in [-0.3, -0.25) is 4.90 Å². The van der Waals surface area contributed by atoms with Crippen LogP contribution < -0.4 is 5.32 Å². The number of nitrogens with one attached hydrogen (secondary N) is 1. The highest BCUT2D eigenvalue weighted by Gasteiger charge is 2.23. The lowest BCUT2D eigenvalue weighted by atomic mass is 10.0. The average Bonchev–Trinajstić information content (AvgIpc) is 3.05. The number of benzene rings is 1. The van der Waals surface area contributed by atoms with E-state index in [1.54, 1.807) is 0 Å². The zero-order chi connectivity index (χ0) is 16.9. The second kappa shape index (κ2) is 7.77. The fourth-order valence-electron chi connectivity index (χ4n) is 2.95. The maximum absolute atomic E-state index is 5.50. The molecule has 6 heteroatoms. The van der Waals surface area contributed by atoms with Crippen LogP contribution in [0.15, 0.2) is 28.8 Å². The first-order valence-corrected chi connectivity index (χ1v) is 8.59. The minimum atomic E-state index is 0.253. The van der Waals surface area contributed by atoms with Gasteiger partial charge in [-0.1, -0.05) is 48.8 Å². The Morgan fingerprint density at radius 2 is 2.04 bits per heavy atom. The quantitative estimate of drug-likeness (QED) is 0.878. The van der Waals surface area contributed by atoms with Crippen molar-refractivity contribution in [1.82, 2.24) is 15.0 Å². The van der Waals surface area contributed by atoms with Crippen molar-refractivity contribution in [1.29, 1.82) is 0 Å². The molecule has 2 aromatic rings. The lowest BCUT2D eigenvalue weighted by Gasteiger charge is -2.34. The molecule has 0 bridgehead atoms. The Kier molecular flexibility index (Phi) is 5.48.